The minimum Gasteiger partial charge on any atom is -0.298 e. The van der Waals surface area contributed by atoms with E-state index in [1.54, 1.807) is 12.1 Å². The molecule has 2 aliphatic carbocycles. The highest BCUT2D eigenvalue weighted by Gasteiger charge is 2.53. The predicted octanol–water partition coefficient (Wildman–Crippen LogP) is 8.16. The number of benzene rings is 2. The van der Waals surface area contributed by atoms with Gasteiger partial charge in [0.2, 0.25) is 0 Å². The van der Waals surface area contributed by atoms with E-state index in [0.29, 0.717) is 45.8 Å². The molecular formula is C25H26Br2F2O. The van der Waals surface area contributed by atoms with Crippen LogP contribution >= 0.6 is 31.9 Å². The van der Waals surface area contributed by atoms with Crippen LogP contribution in [0.1, 0.15) is 75.3 Å². The SMILES string of the molecule is O=C(C1(c2ccc(Br)cc2F)CCCCC1)C1(c2ccc(Br)cc2F)CCCCC1. The highest BCUT2D eigenvalue weighted by atomic mass is 79.9. The monoisotopic (exact) mass is 538 g/mol. The van der Waals surface area contributed by atoms with E-state index in [2.05, 4.69) is 31.9 Å². The summed E-state index contributed by atoms with van der Waals surface area (Å²) in [5, 5.41) is 0. The zero-order valence-electron chi connectivity index (χ0n) is 17.0. The van der Waals surface area contributed by atoms with Crippen LogP contribution < -0.4 is 0 Å². The summed E-state index contributed by atoms with van der Waals surface area (Å²) in [5.41, 5.74) is -0.810. The van der Waals surface area contributed by atoms with E-state index in [1.807, 2.05) is 12.1 Å². The fourth-order valence-corrected chi connectivity index (χ4v) is 6.43. The number of hydrogen-bond acceptors (Lipinski definition) is 1. The zero-order chi connectivity index (χ0) is 21.4. The van der Waals surface area contributed by atoms with Gasteiger partial charge < -0.3 is 0 Å². The molecule has 2 aromatic carbocycles. The standard InChI is InChI=1S/C25H26Br2F2O/c26-17-7-9-19(21(28)15-17)24(11-3-1-4-12-24)23(30)25(13-5-2-6-14-25)20-10-8-18(27)16-22(20)29/h7-10,15-16H,1-6,11-14H2. The number of rotatable bonds is 4. The summed E-state index contributed by atoms with van der Waals surface area (Å²) in [6.45, 7) is 0. The van der Waals surface area contributed by atoms with Crippen molar-refractivity contribution in [2.45, 2.75) is 75.0 Å². The van der Waals surface area contributed by atoms with Gasteiger partial charge in [-0.1, -0.05) is 82.5 Å². The Kier molecular flexibility index (Phi) is 6.51. The molecule has 2 saturated carbocycles. The fourth-order valence-electron chi connectivity index (χ4n) is 5.76. The fraction of sp³-hybridized carbons (Fsp3) is 0.480. The number of carbonyl (C=O) groups is 1. The van der Waals surface area contributed by atoms with Crippen molar-refractivity contribution >= 4 is 37.6 Å². The van der Waals surface area contributed by atoms with E-state index in [9.17, 15) is 4.79 Å². The van der Waals surface area contributed by atoms with E-state index in [1.165, 1.54) is 12.1 Å². The lowest BCUT2D eigenvalue weighted by atomic mass is 9.55. The lowest BCUT2D eigenvalue weighted by molar-refractivity contribution is -0.133. The molecule has 160 valence electrons. The summed E-state index contributed by atoms with van der Waals surface area (Å²) in [6.07, 6.45) is 8.17. The maximum atomic E-state index is 15.2. The quantitative estimate of drug-likeness (QED) is 0.383. The third kappa shape index (κ3) is 3.81. The second kappa shape index (κ2) is 8.82. The largest absolute Gasteiger partial charge is 0.298 e. The smallest absolute Gasteiger partial charge is 0.154 e. The Labute approximate surface area is 193 Å². The second-order valence-corrected chi connectivity index (χ2v) is 10.7. The number of carbonyl (C=O) groups excluding carboxylic acids is 1. The first-order chi connectivity index (χ1) is 14.4. The number of halogens is 4. The van der Waals surface area contributed by atoms with Crippen LogP contribution in [0, 0.1) is 11.6 Å². The summed E-state index contributed by atoms with van der Waals surface area (Å²) < 4.78 is 31.7. The van der Waals surface area contributed by atoms with Gasteiger partial charge in [0.25, 0.3) is 0 Å². The van der Waals surface area contributed by atoms with Gasteiger partial charge in [-0.25, -0.2) is 8.78 Å². The van der Waals surface area contributed by atoms with Crippen molar-refractivity contribution in [2.24, 2.45) is 0 Å². The minimum absolute atomic E-state index is 0.0249. The number of ketones is 1. The molecular weight excluding hydrogens is 514 g/mol. The van der Waals surface area contributed by atoms with Gasteiger partial charge in [-0.2, -0.15) is 0 Å². The van der Waals surface area contributed by atoms with Crippen molar-refractivity contribution in [1.82, 2.24) is 0 Å². The van der Waals surface area contributed by atoms with Gasteiger partial charge >= 0.3 is 0 Å². The Balaban J connectivity index is 1.89. The van der Waals surface area contributed by atoms with Gasteiger partial charge in [0, 0.05) is 20.1 Å². The molecule has 1 nitrogen and oxygen atoms in total. The lowest BCUT2D eigenvalue weighted by Crippen LogP contribution is -2.51. The topological polar surface area (TPSA) is 17.1 Å². The Hall–Kier alpha value is -1.07. The molecule has 2 aliphatic rings. The van der Waals surface area contributed by atoms with Gasteiger partial charge in [-0.15, -0.1) is 0 Å². The van der Waals surface area contributed by atoms with Crippen LogP contribution in [-0.2, 0) is 15.6 Å². The molecule has 2 aromatic rings. The summed E-state index contributed by atoms with van der Waals surface area (Å²) in [5.74, 6) is -0.666. The molecule has 5 heteroatoms. The Morgan fingerprint density at radius 1 is 0.667 bits per heavy atom. The average Bonchev–Trinajstić information content (AvgIpc) is 2.74. The van der Waals surface area contributed by atoms with Crippen molar-refractivity contribution in [1.29, 1.82) is 0 Å². The molecule has 0 radical (unpaired) electrons. The zero-order valence-corrected chi connectivity index (χ0v) is 20.1. The first kappa shape index (κ1) is 22.1. The Bertz CT molecular complexity index is 869. The molecule has 0 saturated heterocycles. The molecule has 0 heterocycles. The van der Waals surface area contributed by atoms with Crippen molar-refractivity contribution in [3.63, 3.8) is 0 Å². The van der Waals surface area contributed by atoms with Crippen LogP contribution in [0.2, 0.25) is 0 Å². The molecule has 0 bridgehead atoms. The summed E-state index contributed by atoms with van der Waals surface area (Å²) >= 11 is 6.67. The first-order valence-corrected chi connectivity index (χ1v) is 12.4. The van der Waals surface area contributed by atoms with Crippen LogP contribution in [0.3, 0.4) is 0 Å². The van der Waals surface area contributed by atoms with Gasteiger partial charge in [-0.3, -0.25) is 4.79 Å². The van der Waals surface area contributed by atoms with Gasteiger partial charge in [0.05, 0.1) is 10.8 Å². The number of Topliss-reactive ketones (excluding diaryl/α,β-unsaturated/α-hetero) is 1. The third-order valence-corrected chi connectivity index (χ3v) is 8.16. The van der Waals surface area contributed by atoms with E-state index < -0.39 is 10.8 Å². The molecule has 0 unspecified atom stereocenters. The molecule has 0 atom stereocenters. The van der Waals surface area contributed by atoms with Crippen LogP contribution in [0.25, 0.3) is 0 Å². The van der Waals surface area contributed by atoms with E-state index >= 15 is 8.78 Å². The highest BCUT2D eigenvalue weighted by molar-refractivity contribution is 9.10. The highest BCUT2D eigenvalue weighted by Crippen LogP contribution is 2.51. The van der Waals surface area contributed by atoms with E-state index in [0.717, 1.165) is 38.5 Å². The van der Waals surface area contributed by atoms with E-state index in [4.69, 9.17) is 0 Å². The average molecular weight is 540 g/mol. The number of hydrogen-bond donors (Lipinski definition) is 0. The van der Waals surface area contributed by atoms with Crippen molar-refractivity contribution in [2.75, 3.05) is 0 Å². The lowest BCUT2D eigenvalue weighted by Gasteiger charge is -2.46. The van der Waals surface area contributed by atoms with Gasteiger partial charge in [-0.05, 0) is 49.9 Å². The summed E-state index contributed by atoms with van der Waals surface area (Å²) in [4.78, 5) is 14.5. The normalized spacial score (nSPS) is 20.7. The molecule has 4 rings (SSSR count). The van der Waals surface area contributed by atoms with Crippen molar-refractivity contribution in [3.8, 4) is 0 Å². The Morgan fingerprint density at radius 3 is 1.37 bits per heavy atom. The van der Waals surface area contributed by atoms with Crippen molar-refractivity contribution < 1.29 is 13.6 Å². The van der Waals surface area contributed by atoms with Crippen LogP contribution in [0.15, 0.2) is 45.3 Å². The first-order valence-electron chi connectivity index (χ1n) is 10.9. The minimum atomic E-state index is -0.889. The molecule has 2 fully saturated rings. The third-order valence-electron chi connectivity index (χ3n) is 7.18. The summed E-state index contributed by atoms with van der Waals surface area (Å²) in [6, 6.07) is 10.1. The van der Waals surface area contributed by atoms with Crippen molar-refractivity contribution in [3.05, 3.63) is 68.1 Å². The van der Waals surface area contributed by atoms with Crippen LogP contribution in [-0.4, -0.2) is 5.78 Å². The molecule has 0 N–H and O–H groups in total. The summed E-state index contributed by atoms with van der Waals surface area (Å²) in [7, 11) is 0. The van der Waals surface area contributed by atoms with Crippen LogP contribution in [0.4, 0.5) is 8.78 Å². The van der Waals surface area contributed by atoms with Gasteiger partial charge in [0.1, 0.15) is 11.6 Å². The molecule has 0 amide bonds. The van der Waals surface area contributed by atoms with Gasteiger partial charge in [0.15, 0.2) is 5.78 Å². The second-order valence-electron chi connectivity index (χ2n) is 8.86. The molecule has 0 spiro atoms. The molecule has 30 heavy (non-hydrogen) atoms. The molecule has 0 aliphatic heterocycles. The predicted molar refractivity (Wildman–Crippen MR) is 123 cm³/mol. The van der Waals surface area contributed by atoms with Crippen LogP contribution in [0.5, 0.6) is 0 Å². The van der Waals surface area contributed by atoms with E-state index in [-0.39, 0.29) is 17.4 Å². The molecule has 0 aromatic heterocycles. The maximum Gasteiger partial charge on any atom is 0.154 e. The maximum absolute atomic E-state index is 15.2. The Morgan fingerprint density at radius 2 is 1.03 bits per heavy atom.